The van der Waals surface area contributed by atoms with E-state index in [1.54, 1.807) is 41.3 Å². The number of carbonyl (C=O) groups excluding carboxylic acids is 2. The first-order valence-corrected chi connectivity index (χ1v) is 9.65. The first-order chi connectivity index (χ1) is 13.5. The van der Waals surface area contributed by atoms with E-state index < -0.39 is 0 Å². The number of hydrogen-bond donors (Lipinski definition) is 1. The molecule has 1 N–H and O–H groups in total. The normalized spacial score (nSPS) is 16.4. The molecule has 142 valence electrons. The lowest BCUT2D eigenvalue weighted by Crippen LogP contribution is -2.24. The predicted molar refractivity (Wildman–Crippen MR) is 105 cm³/mol. The van der Waals surface area contributed by atoms with Crippen LogP contribution in [0.5, 0.6) is 0 Å². The fourth-order valence-corrected chi connectivity index (χ4v) is 4.01. The molecule has 2 aromatic carbocycles. The average molecular weight is 417 g/mol. The summed E-state index contributed by atoms with van der Waals surface area (Å²) in [5, 5.41) is 12.3. The number of nitrogens with one attached hydrogen (secondary N) is 1. The SMILES string of the molecule is O=C(Nc1nnc(C2CC(=O)N(c3ccc(F)cc3)C2)s1)c1cccc(Cl)c1. The van der Waals surface area contributed by atoms with Crippen molar-refractivity contribution >= 4 is 45.6 Å². The molecule has 1 aliphatic rings. The van der Waals surface area contributed by atoms with Crippen molar-refractivity contribution in [2.24, 2.45) is 0 Å². The number of rotatable bonds is 4. The zero-order chi connectivity index (χ0) is 19.7. The van der Waals surface area contributed by atoms with Gasteiger partial charge in [-0.3, -0.25) is 14.9 Å². The Hall–Kier alpha value is -2.84. The van der Waals surface area contributed by atoms with Crippen molar-refractivity contribution in [3.8, 4) is 0 Å². The van der Waals surface area contributed by atoms with Gasteiger partial charge in [0.25, 0.3) is 5.91 Å². The van der Waals surface area contributed by atoms with Crippen molar-refractivity contribution in [3.63, 3.8) is 0 Å². The van der Waals surface area contributed by atoms with Crippen molar-refractivity contribution in [3.05, 3.63) is 69.9 Å². The van der Waals surface area contributed by atoms with Crippen LogP contribution >= 0.6 is 22.9 Å². The van der Waals surface area contributed by atoms with Crippen LogP contribution in [0.2, 0.25) is 5.02 Å². The molecule has 1 saturated heterocycles. The topological polar surface area (TPSA) is 75.2 Å². The Labute approximate surface area is 169 Å². The van der Waals surface area contributed by atoms with Gasteiger partial charge in [-0.05, 0) is 42.5 Å². The lowest BCUT2D eigenvalue weighted by Gasteiger charge is -2.16. The molecule has 28 heavy (non-hydrogen) atoms. The van der Waals surface area contributed by atoms with Crippen LogP contribution in [0.1, 0.15) is 27.7 Å². The van der Waals surface area contributed by atoms with E-state index in [0.717, 1.165) is 0 Å². The van der Waals surface area contributed by atoms with Gasteiger partial charge in [-0.15, -0.1) is 10.2 Å². The average Bonchev–Trinajstić information content (AvgIpc) is 3.29. The largest absolute Gasteiger partial charge is 0.312 e. The van der Waals surface area contributed by atoms with E-state index in [0.29, 0.717) is 33.0 Å². The Kier molecular flexibility index (Phi) is 5.06. The molecule has 9 heteroatoms. The van der Waals surface area contributed by atoms with Crippen LogP contribution in [0.3, 0.4) is 0 Å². The molecule has 6 nitrogen and oxygen atoms in total. The van der Waals surface area contributed by atoms with Gasteiger partial charge in [-0.1, -0.05) is 29.0 Å². The maximum absolute atomic E-state index is 13.1. The molecule has 2 heterocycles. The van der Waals surface area contributed by atoms with Crippen molar-refractivity contribution in [1.82, 2.24) is 10.2 Å². The Balaban J connectivity index is 1.45. The molecular weight excluding hydrogens is 403 g/mol. The van der Waals surface area contributed by atoms with Crippen LogP contribution in [0.15, 0.2) is 48.5 Å². The molecule has 4 rings (SSSR count). The van der Waals surface area contributed by atoms with E-state index in [1.807, 2.05) is 0 Å². The Morgan fingerprint density at radius 2 is 2.00 bits per heavy atom. The lowest BCUT2D eigenvalue weighted by atomic mass is 10.1. The quantitative estimate of drug-likeness (QED) is 0.694. The van der Waals surface area contributed by atoms with E-state index in [1.165, 1.54) is 23.5 Å². The number of carbonyl (C=O) groups is 2. The Morgan fingerprint density at radius 1 is 1.21 bits per heavy atom. The number of anilines is 2. The molecule has 0 saturated carbocycles. The maximum atomic E-state index is 13.1. The minimum absolute atomic E-state index is 0.0590. The smallest absolute Gasteiger partial charge is 0.257 e. The van der Waals surface area contributed by atoms with Gasteiger partial charge in [0.1, 0.15) is 10.8 Å². The first-order valence-electron chi connectivity index (χ1n) is 8.46. The zero-order valence-electron chi connectivity index (χ0n) is 14.4. The molecule has 1 unspecified atom stereocenters. The molecule has 1 aromatic heterocycles. The molecule has 0 radical (unpaired) electrons. The predicted octanol–water partition coefficient (Wildman–Crippen LogP) is 4.10. The number of aromatic nitrogens is 2. The van der Waals surface area contributed by atoms with Gasteiger partial charge in [0.05, 0.1) is 0 Å². The number of benzene rings is 2. The standard InChI is InChI=1S/C19H14ClFN4O2S/c20-13-3-1-2-11(8-13)17(27)22-19-24-23-18(28-19)12-9-16(26)25(10-12)15-6-4-14(21)5-7-15/h1-8,12H,9-10H2,(H,22,24,27). The third kappa shape index (κ3) is 3.88. The second-order valence-electron chi connectivity index (χ2n) is 6.29. The van der Waals surface area contributed by atoms with E-state index in [-0.39, 0.29) is 30.0 Å². The van der Waals surface area contributed by atoms with Crippen molar-refractivity contribution in [2.75, 3.05) is 16.8 Å². The van der Waals surface area contributed by atoms with Crippen LogP contribution in [-0.2, 0) is 4.79 Å². The minimum atomic E-state index is -0.351. The van der Waals surface area contributed by atoms with E-state index in [4.69, 9.17) is 11.6 Å². The van der Waals surface area contributed by atoms with E-state index in [2.05, 4.69) is 15.5 Å². The van der Waals surface area contributed by atoms with Crippen molar-refractivity contribution < 1.29 is 14.0 Å². The fourth-order valence-electron chi connectivity index (χ4n) is 2.99. The number of nitrogens with zero attached hydrogens (tertiary/aromatic N) is 3. The van der Waals surface area contributed by atoms with E-state index >= 15 is 0 Å². The second kappa shape index (κ2) is 7.65. The molecule has 3 aromatic rings. The summed E-state index contributed by atoms with van der Waals surface area (Å²) in [6.45, 7) is 0.432. The highest BCUT2D eigenvalue weighted by molar-refractivity contribution is 7.15. The Morgan fingerprint density at radius 3 is 2.75 bits per heavy atom. The van der Waals surface area contributed by atoms with Gasteiger partial charge >= 0.3 is 0 Å². The molecule has 0 bridgehead atoms. The highest BCUT2D eigenvalue weighted by Gasteiger charge is 2.34. The van der Waals surface area contributed by atoms with Gasteiger partial charge < -0.3 is 4.90 Å². The van der Waals surface area contributed by atoms with Crippen LogP contribution in [-0.4, -0.2) is 28.6 Å². The zero-order valence-corrected chi connectivity index (χ0v) is 16.0. The van der Waals surface area contributed by atoms with Crippen LogP contribution in [0.4, 0.5) is 15.2 Å². The highest BCUT2D eigenvalue weighted by atomic mass is 35.5. The van der Waals surface area contributed by atoms with Crippen molar-refractivity contribution in [2.45, 2.75) is 12.3 Å². The maximum Gasteiger partial charge on any atom is 0.257 e. The van der Waals surface area contributed by atoms with E-state index in [9.17, 15) is 14.0 Å². The van der Waals surface area contributed by atoms with Gasteiger partial charge in [0.2, 0.25) is 11.0 Å². The summed E-state index contributed by atoms with van der Waals surface area (Å²) in [4.78, 5) is 26.2. The lowest BCUT2D eigenvalue weighted by molar-refractivity contribution is -0.117. The molecule has 0 aliphatic carbocycles. The third-order valence-corrected chi connectivity index (χ3v) is 5.60. The van der Waals surface area contributed by atoms with Gasteiger partial charge in [0.15, 0.2) is 0 Å². The minimum Gasteiger partial charge on any atom is -0.312 e. The van der Waals surface area contributed by atoms with Crippen LogP contribution in [0, 0.1) is 5.82 Å². The van der Waals surface area contributed by atoms with Gasteiger partial charge in [-0.25, -0.2) is 4.39 Å². The molecule has 1 fully saturated rings. The van der Waals surface area contributed by atoms with Crippen LogP contribution < -0.4 is 10.2 Å². The summed E-state index contributed by atoms with van der Waals surface area (Å²) < 4.78 is 13.1. The molecule has 0 spiro atoms. The summed E-state index contributed by atoms with van der Waals surface area (Å²) >= 11 is 7.14. The molecule has 1 aliphatic heterocycles. The summed E-state index contributed by atoms with van der Waals surface area (Å²) in [5.74, 6) is -0.875. The number of halogens is 2. The van der Waals surface area contributed by atoms with Gasteiger partial charge in [-0.2, -0.15) is 0 Å². The molecule has 2 amide bonds. The summed E-state index contributed by atoms with van der Waals surface area (Å²) in [6, 6.07) is 12.4. The summed E-state index contributed by atoms with van der Waals surface area (Å²) in [7, 11) is 0. The highest BCUT2D eigenvalue weighted by Crippen LogP contribution is 2.34. The van der Waals surface area contributed by atoms with Crippen molar-refractivity contribution in [1.29, 1.82) is 0 Å². The number of hydrogen-bond acceptors (Lipinski definition) is 5. The monoisotopic (exact) mass is 416 g/mol. The Bertz CT molecular complexity index is 1040. The van der Waals surface area contributed by atoms with Gasteiger partial charge in [0, 0.05) is 35.2 Å². The van der Waals surface area contributed by atoms with Crippen LogP contribution in [0.25, 0.3) is 0 Å². The first kappa shape index (κ1) is 18.5. The molecule has 1 atom stereocenters. The second-order valence-corrected chi connectivity index (χ2v) is 7.74. The fraction of sp³-hybridized carbons (Fsp3) is 0.158. The molecular formula is C19H14ClFN4O2S. The third-order valence-electron chi connectivity index (χ3n) is 4.36. The summed E-state index contributed by atoms with van der Waals surface area (Å²) in [5.41, 5.74) is 1.07. The summed E-state index contributed by atoms with van der Waals surface area (Å²) in [6.07, 6.45) is 0.286. The number of amides is 2.